The van der Waals surface area contributed by atoms with E-state index in [0.29, 0.717) is 11.0 Å². The Morgan fingerprint density at radius 1 is 1.31 bits per heavy atom. The Morgan fingerprint density at radius 2 is 1.94 bits per heavy atom. The molecule has 1 amide bonds. The highest BCUT2D eigenvalue weighted by Gasteiger charge is 2.14. The van der Waals surface area contributed by atoms with E-state index in [2.05, 4.69) is 14.7 Å². The van der Waals surface area contributed by atoms with E-state index in [4.69, 9.17) is 5.11 Å². The molecule has 0 aliphatic heterocycles. The van der Waals surface area contributed by atoms with Crippen LogP contribution in [0.25, 0.3) is 0 Å². The number of carboxylic acid groups (broad SMARTS) is 1. The quantitative estimate of drug-likeness (QED) is 0.776. The van der Waals surface area contributed by atoms with Crippen LogP contribution in [0, 0.1) is 6.92 Å². The maximum absolute atomic E-state index is 11.6. The van der Waals surface area contributed by atoms with Crippen LogP contribution in [0.5, 0.6) is 0 Å². The van der Waals surface area contributed by atoms with Crippen molar-refractivity contribution in [3.05, 3.63) is 17.0 Å². The van der Waals surface area contributed by atoms with Gasteiger partial charge in [-0.25, -0.2) is 9.78 Å². The summed E-state index contributed by atoms with van der Waals surface area (Å²) in [6, 6.07) is 0. The summed E-state index contributed by atoms with van der Waals surface area (Å²) in [7, 11) is 0. The van der Waals surface area contributed by atoms with Gasteiger partial charge in [-0.3, -0.25) is 10.1 Å². The van der Waals surface area contributed by atoms with Crippen molar-refractivity contribution in [2.45, 2.75) is 20.8 Å². The number of carbonyl (C=O) groups excluding carboxylic acids is 1. The van der Waals surface area contributed by atoms with Crippen LogP contribution >= 0.6 is 11.5 Å². The number of carboxylic acids is 1. The smallest absolute Gasteiger partial charge is 0.331 e. The van der Waals surface area contributed by atoms with Crippen molar-refractivity contribution >= 4 is 28.5 Å². The van der Waals surface area contributed by atoms with E-state index in [1.807, 2.05) is 0 Å². The van der Waals surface area contributed by atoms with Gasteiger partial charge in [-0.05, 0) is 20.8 Å². The fraction of sp³-hybridized carbons (Fsp3) is 0.333. The third-order valence-corrected chi connectivity index (χ3v) is 2.69. The van der Waals surface area contributed by atoms with E-state index in [9.17, 15) is 9.59 Å². The van der Waals surface area contributed by atoms with Crippen molar-refractivity contribution in [1.82, 2.24) is 9.36 Å². The number of amides is 1. The molecule has 0 aromatic carbocycles. The second-order valence-corrected chi connectivity index (χ2v) is 3.91. The predicted molar refractivity (Wildman–Crippen MR) is 59.3 cm³/mol. The number of nitrogens with one attached hydrogen (secondary N) is 1. The van der Waals surface area contributed by atoms with Crippen molar-refractivity contribution in [1.29, 1.82) is 0 Å². The average molecular weight is 241 g/mol. The Balaban J connectivity index is 2.81. The molecule has 0 aliphatic carbocycles. The van der Waals surface area contributed by atoms with Gasteiger partial charge in [0, 0.05) is 22.7 Å². The van der Waals surface area contributed by atoms with Crippen LogP contribution in [0.15, 0.2) is 11.1 Å². The number of aromatic nitrogens is 2. The standard InChI is InChI=1S/C9H11N3O3S/c1-4(5(2)8(14)15)7(13)11-9-10-6(3)12-16-9/h1-3H3,(H,14,15)(H,10,11,12,13). The first-order valence-electron chi connectivity index (χ1n) is 4.44. The summed E-state index contributed by atoms with van der Waals surface area (Å²) in [6.45, 7) is 4.53. The van der Waals surface area contributed by atoms with Crippen molar-refractivity contribution < 1.29 is 14.7 Å². The SMILES string of the molecule is CC(C(=O)O)=C(C)C(=O)Nc1nc(C)ns1. The molecule has 0 unspecified atom stereocenters. The predicted octanol–water partition coefficient (Wildman–Crippen LogP) is 1.21. The lowest BCUT2D eigenvalue weighted by molar-refractivity contribution is -0.133. The molecule has 0 spiro atoms. The normalized spacial score (nSPS) is 11.9. The lowest BCUT2D eigenvalue weighted by Crippen LogP contribution is -2.16. The van der Waals surface area contributed by atoms with Crippen molar-refractivity contribution in [3.63, 3.8) is 0 Å². The number of hydrogen-bond acceptors (Lipinski definition) is 5. The Labute approximate surface area is 96.2 Å². The zero-order valence-electron chi connectivity index (χ0n) is 9.07. The van der Waals surface area contributed by atoms with Gasteiger partial charge in [-0.1, -0.05) is 0 Å². The lowest BCUT2D eigenvalue weighted by atomic mass is 10.1. The van der Waals surface area contributed by atoms with E-state index in [1.165, 1.54) is 13.8 Å². The molecule has 1 heterocycles. The number of rotatable bonds is 3. The van der Waals surface area contributed by atoms with E-state index >= 15 is 0 Å². The summed E-state index contributed by atoms with van der Waals surface area (Å²) in [5.74, 6) is -1.02. The molecule has 1 rings (SSSR count). The summed E-state index contributed by atoms with van der Waals surface area (Å²) in [5, 5.41) is 11.6. The Hall–Kier alpha value is -1.76. The van der Waals surface area contributed by atoms with E-state index in [1.54, 1.807) is 6.92 Å². The molecular formula is C9H11N3O3S. The molecule has 0 aliphatic rings. The Kier molecular flexibility index (Phi) is 3.73. The molecule has 1 aromatic heterocycles. The summed E-state index contributed by atoms with van der Waals surface area (Å²) < 4.78 is 3.89. The molecule has 7 heteroatoms. The largest absolute Gasteiger partial charge is 0.478 e. The van der Waals surface area contributed by atoms with E-state index in [-0.39, 0.29) is 11.1 Å². The molecule has 86 valence electrons. The number of hydrogen-bond donors (Lipinski definition) is 2. The van der Waals surface area contributed by atoms with Crippen LogP contribution in [0.3, 0.4) is 0 Å². The van der Waals surface area contributed by atoms with Crippen molar-refractivity contribution in [2.24, 2.45) is 0 Å². The molecule has 0 saturated heterocycles. The zero-order valence-corrected chi connectivity index (χ0v) is 9.88. The molecule has 6 nitrogen and oxygen atoms in total. The van der Waals surface area contributed by atoms with Gasteiger partial charge >= 0.3 is 5.97 Å². The first kappa shape index (κ1) is 12.3. The highest BCUT2D eigenvalue weighted by Crippen LogP contribution is 2.12. The highest BCUT2D eigenvalue weighted by molar-refractivity contribution is 7.09. The van der Waals surface area contributed by atoms with Crippen molar-refractivity contribution in [3.8, 4) is 0 Å². The molecule has 1 aromatic rings. The van der Waals surface area contributed by atoms with Crippen LogP contribution in [-0.4, -0.2) is 26.3 Å². The third-order valence-electron chi connectivity index (χ3n) is 1.97. The first-order chi connectivity index (χ1) is 7.41. The van der Waals surface area contributed by atoms with Crippen LogP contribution in [0.2, 0.25) is 0 Å². The maximum Gasteiger partial charge on any atom is 0.331 e. The summed E-state index contributed by atoms with van der Waals surface area (Å²) in [6.07, 6.45) is 0. The van der Waals surface area contributed by atoms with E-state index in [0.717, 1.165) is 11.5 Å². The second kappa shape index (κ2) is 4.84. The van der Waals surface area contributed by atoms with Crippen LogP contribution < -0.4 is 5.32 Å². The number of nitrogens with zero attached hydrogens (tertiary/aromatic N) is 2. The number of aliphatic carboxylic acids is 1. The highest BCUT2D eigenvalue weighted by atomic mass is 32.1. The monoisotopic (exact) mass is 241 g/mol. The molecule has 0 saturated carbocycles. The number of carbonyl (C=O) groups is 2. The molecule has 16 heavy (non-hydrogen) atoms. The lowest BCUT2D eigenvalue weighted by Gasteiger charge is -2.03. The zero-order chi connectivity index (χ0) is 12.3. The fourth-order valence-corrected chi connectivity index (χ4v) is 1.44. The van der Waals surface area contributed by atoms with Crippen LogP contribution in [0.1, 0.15) is 19.7 Å². The summed E-state index contributed by atoms with van der Waals surface area (Å²) in [4.78, 5) is 26.2. The third kappa shape index (κ3) is 2.86. The van der Waals surface area contributed by atoms with Crippen molar-refractivity contribution in [2.75, 3.05) is 5.32 Å². The van der Waals surface area contributed by atoms with Gasteiger partial charge in [0.1, 0.15) is 5.82 Å². The molecule has 0 fully saturated rings. The summed E-state index contributed by atoms with van der Waals surface area (Å²) in [5.41, 5.74) is 0.166. The van der Waals surface area contributed by atoms with Gasteiger partial charge in [0.15, 0.2) is 0 Å². The number of anilines is 1. The Bertz CT molecular complexity index is 464. The fourth-order valence-electron chi connectivity index (χ4n) is 0.869. The second-order valence-electron chi connectivity index (χ2n) is 3.16. The minimum atomic E-state index is -1.11. The maximum atomic E-state index is 11.6. The van der Waals surface area contributed by atoms with Gasteiger partial charge in [0.2, 0.25) is 5.13 Å². The average Bonchev–Trinajstić information content (AvgIpc) is 2.61. The molecule has 0 radical (unpaired) electrons. The van der Waals surface area contributed by atoms with Gasteiger partial charge in [-0.15, -0.1) is 0 Å². The van der Waals surface area contributed by atoms with Gasteiger partial charge < -0.3 is 5.11 Å². The topological polar surface area (TPSA) is 92.2 Å². The van der Waals surface area contributed by atoms with Gasteiger partial charge in [0.25, 0.3) is 5.91 Å². The molecular weight excluding hydrogens is 230 g/mol. The minimum absolute atomic E-state index is 0.0127. The van der Waals surface area contributed by atoms with E-state index < -0.39 is 11.9 Å². The minimum Gasteiger partial charge on any atom is -0.478 e. The van der Waals surface area contributed by atoms with Crippen LogP contribution in [0.4, 0.5) is 5.13 Å². The summed E-state index contributed by atoms with van der Waals surface area (Å²) >= 11 is 1.05. The number of aryl methyl sites for hydroxylation is 1. The Morgan fingerprint density at radius 3 is 2.38 bits per heavy atom. The molecule has 0 atom stereocenters. The molecule has 2 N–H and O–H groups in total. The van der Waals surface area contributed by atoms with Crippen LogP contribution in [-0.2, 0) is 9.59 Å². The van der Waals surface area contributed by atoms with Gasteiger partial charge in [0.05, 0.1) is 0 Å². The molecule has 0 bridgehead atoms. The first-order valence-corrected chi connectivity index (χ1v) is 5.21. The van der Waals surface area contributed by atoms with Gasteiger partial charge in [-0.2, -0.15) is 4.37 Å².